The molecule has 7 nitrogen and oxygen atoms in total. The molecule has 0 radical (unpaired) electrons. The maximum Gasteiger partial charge on any atom is 0.407 e. The molecule has 34 heavy (non-hydrogen) atoms. The van der Waals surface area contributed by atoms with Crippen molar-refractivity contribution in [3.8, 4) is 11.1 Å². The molecule has 0 spiro atoms. The number of aliphatic hydroxyl groups excluding tert-OH is 2. The Kier molecular flexibility index (Phi) is 6.95. The molecule has 0 heterocycles. The van der Waals surface area contributed by atoms with Crippen molar-refractivity contribution in [3.05, 3.63) is 94.5 Å². The van der Waals surface area contributed by atoms with Gasteiger partial charge in [0.15, 0.2) is 0 Å². The second kappa shape index (κ2) is 10.1. The van der Waals surface area contributed by atoms with E-state index in [0.29, 0.717) is 11.1 Å². The second-order valence-electron chi connectivity index (χ2n) is 8.43. The van der Waals surface area contributed by atoms with Crippen LogP contribution in [0.1, 0.15) is 51.1 Å². The van der Waals surface area contributed by atoms with Gasteiger partial charge >= 0.3 is 12.1 Å². The molecule has 2 unspecified atom stereocenters. The molecule has 2 atom stereocenters. The van der Waals surface area contributed by atoms with Crippen molar-refractivity contribution in [3.63, 3.8) is 0 Å². The van der Waals surface area contributed by atoms with Gasteiger partial charge in [0.25, 0.3) is 0 Å². The first-order chi connectivity index (χ1) is 16.4. The number of carboxylic acid groups (broad SMARTS) is 1. The molecule has 3 aromatic rings. The van der Waals surface area contributed by atoms with Crippen molar-refractivity contribution in [1.82, 2.24) is 5.32 Å². The fourth-order valence-corrected chi connectivity index (χ4v) is 4.46. The number of amides is 1. The molecule has 1 amide bonds. The Labute approximate surface area is 197 Å². The lowest BCUT2D eigenvalue weighted by atomic mass is 9.98. The number of hydrogen-bond donors (Lipinski definition) is 4. The third kappa shape index (κ3) is 4.81. The fourth-order valence-electron chi connectivity index (χ4n) is 4.46. The van der Waals surface area contributed by atoms with Crippen molar-refractivity contribution in [2.24, 2.45) is 0 Å². The van der Waals surface area contributed by atoms with Crippen LogP contribution in [0.5, 0.6) is 0 Å². The molecule has 0 saturated heterocycles. The molecule has 4 N–H and O–H groups in total. The third-order valence-corrected chi connectivity index (χ3v) is 6.24. The summed E-state index contributed by atoms with van der Waals surface area (Å²) in [4.78, 5) is 23.4. The Morgan fingerprint density at radius 3 is 2.18 bits per heavy atom. The molecule has 0 fully saturated rings. The minimum Gasteiger partial charge on any atom is -0.478 e. The van der Waals surface area contributed by atoms with Crippen molar-refractivity contribution in [1.29, 1.82) is 0 Å². The minimum absolute atomic E-state index is 0.0393. The number of aryl methyl sites for hydroxylation is 1. The van der Waals surface area contributed by atoms with Gasteiger partial charge in [-0.25, -0.2) is 9.59 Å². The molecular weight excluding hydrogens is 434 g/mol. The maximum atomic E-state index is 12.3. The van der Waals surface area contributed by atoms with Crippen LogP contribution in [0, 0.1) is 6.92 Å². The maximum absolute atomic E-state index is 12.3. The molecule has 1 aliphatic carbocycles. The molecule has 0 aromatic heterocycles. The highest BCUT2D eigenvalue weighted by molar-refractivity contribution is 5.89. The smallest absolute Gasteiger partial charge is 0.407 e. The number of aliphatic hydroxyl groups is 2. The van der Waals surface area contributed by atoms with Crippen LogP contribution in [0.25, 0.3) is 11.1 Å². The van der Waals surface area contributed by atoms with E-state index in [0.717, 1.165) is 22.3 Å². The predicted molar refractivity (Wildman–Crippen MR) is 127 cm³/mol. The highest BCUT2D eigenvalue weighted by Crippen LogP contribution is 2.44. The van der Waals surface area contributed by atoms with Gasteiger partial charge in [0.2, 0.25) is 0 Å². The molecule has 0 bridgehead atoms. The van der Waals surface area contributed by atoms with E-state index in [1.807, 2.05) is 36.4 Å². The standard InChI is InChI=1S/C27H27NO6/c1-16-14-17(10-11-18(16)26(31)32)25(30)24(29)12-13-28-27(33)34-15-23-21-8-4-2-6-19(21)20-7-3-5-9-22(20)23/h2-11,14,23-25,29-30H,12-13,15H2,1H3,(H,28,33)(H,31,32). The van der Waals surface area contributed by atoms with Gasteiger partial charge in [-0.15, -0.1) is 0 Å². The lowest BCUT2D eigenvalue weighted by Gasteiger charge is -2.19. The molecular formula is C27H27NO6. The van der Waals surface area contributed by atoms with Crippen LogP contribution < -0.4 is 5.32 Å². The van der Waals surface area contributed by atoms with Crippen LogP contribution >= 0.6 is 0 Å². The zero-order chi connectivity index (χ0) is 24.2. The fraction of sp³-hybridized carbons (Fsp3) is 0.259. The largest absolute Gasteiger partial charge is 0.478 e. The lowest BCUT2D eigenvalue weighted by molar-refractivity contribution is 0.0136. The van der Waals surface area contributed by atoms with Crippen molar-refractivity contribution in [2.45, 2.75) is 31.5 Å². The first kappa shape index (κ1) is 23.5. The number of hydrogen-bond acceptors (Lipinski definition) is 5. The van der Waals surface area contributed by atoms with Gasteiger partial charge < -0.3 is 25.4 Å². The molecule has 176 valence electrons. The summed E-state index contributed by atoms with van der Waals surface area (Å²) in [5.74, 6) is -1.09. The van der Waals surface area contributed by atoms with Gasteiger partial charge in [-0.05, 0) is 52.8 Å². The van der Waals surface area contributed by atoms with Crippen LogP contribution in [0.2, 0.25) is 0 Å². The summed E-state index contributed by atoms with van der Waals surface area (Å²) >= 11 is 0. The topological polar surface area (TPSA) is 116 Å². The Balaban J connectivity index is 1.28. The number of carbonyl (C=O) groups excluding carboxylic acids is 1. The van der Waals surface area contributed by atoms with E-state index in [2.05, 4.69) is 17.4 Å². The van der Waals surface area contributed by atoms with E-state index in [-0.39, 0.29) is 31.1 Å². The van der Waals surface area contributed by atoms with E-state index in [1.165, 1.54) is 18.2 Å². The Hall–Kier alpha value is -3.68. The van der Waals surface area contributed by atoms with Crippen molar-refractivity contribution >= 4 is 12.1 Å². The monoisotopic (exact) mass is 461 g/mol. The molecule has 7 heteroatoms. The van der Waals surface area contributed by atoms with Gasteiger partial charge in [-0.3, -0.25) is 0 Å². The quantitative estimate of drug-likeness (QED) is 0.403. The highest BCUT2D eigenvalue weighted by atomic mass is 16.5. The van der Waals surface area contributed by atoms with E-state index in [4.69, 9.17) is 9.84 Å². The van der Waals surface area contributed by atoms with E-state index >= 15 is 0 Å². The summed E-state index contributed by atoms with van der Waals surface area (Å²) in [6, 6.07) is 20.6. The van der Waals surface area contributed by atoms with Crippen LogP contribution in [0.15, 0.2) is 66.7 Å². The van der Waals surface area contributed by atoms with E-state index in [9.17, 15) is 19.8 Å². The molecule has 3 aromatic carbocycles. The highest BCUT2D eigenvalue weighted by Gasteiger charge is 2.29. The number of alkyl carbamates (subject to hydrolysis) is 1. The zero-order valence-electron chi connectivity index (χ0n) is 18.8. The van der Waals surface area contributed by atoms with Crippen LogP contribution in [-0.2, 0) is 4.74 Å². The normalized spacial score (nSPS) is 14.1. The molecule has 4 rings (SSSR count). The first-order valence-electron chi connectivity index (χ1n) is 11.2. The number of fused-ring (bicyclic) bond motifs is 3. The van der Waals surface area contributed by atoms with Crippen LogP contribution in [0.3, 0.4) is 0 Å². The number of aromatic carboxylic acids is 1. The summed E-state index contributed by atoms with van der Waals surface area (Å²) in [6.07, 6.45) is -2.83. The average Bonchev–Trinajstić information content (AvgIpc) is 3.15. The predicted octanol–water partition coefficient (Wildman–Crippen LogP) is 4.02. The van der Waals surface area contributed by atoms with Gasteiger partial charge in [0.1, 0.15) is 12.7 Å². The average molecular weight is 462 g/mol. The van der Waals surface area contributed by atoms with Gasteiger partial charge in [0.05, 0.1) is 11.7 Å². The van der Waals surface area contributed by atoms with Gasteiger partial charge in [-0.1, -0.05) is 60.7 Å². The number of carbonyl (C=O) groups is 2. The van der Waals surface area contributed by atoms with E-state index in [1.54, 1.807) is 6.92 Å². The van der Waals surface area contributed by atoms with Gasteiger partial charge in [-0.2, -0.15) is 0 Å². The minimum atomic E-state index is -1.20. The summed E-state index contributed by atoms with van der Waals surface area (Å²) < 4.78 is 5.47. The Bertz CT molecular complexity index is 1160. The number of nitrogens with one attached hydrogen (secondary N) is 1. The number of ether oxygens (including phenoxy) is 1. The summed E-state index contributed by atoms with van der Waals surface area (Å²) in [7, 11) is 0. The molecule has 0 aliphatic heterocycles. The molecule has 1 aliphatic rings. The van der Waals surface area contributed by atoms with E-state index < -0.39 is 24.3 Å². The SMILES string of the molecule is Cc1cc(C(O)C(O)CCNC(=O)OCC2c3ccccc3-c3ccccc32)ccc1C(=O)O. The van der Waals surface area contributed by atoms with Crippen LogP contribution in [-0.4, -0.2) is 46.6 Å². The summed E-state index contributed by atoms with van der Waals surface area (Å²) in [6.45, 7) is 1.94. The third-order valence-electron chi connectivity index (χ3n) is 6.24. The molecule has 0 saturated carbocycles. The Morgan fingerprint density at radius 2 is 1.59 bits per heavy atom. The number of rotatable bonds is 8. The number of benzene rings is 3. The van der Waals surface area contributed by atoms with Gasteiger partial charge in [0, 0.05) is 12.5 Å². The van der Waals surface area contributed by atoms with Crippen molar-refractivity contribution < 1.29 is 29.6 Å². The van der Waals surface area contributed by atoms with Crippen molar-refractivity contribution in [2.75, 3.05) is 13.2 Å². The zero-order valence-corrected chi connectivity index (χ0v) is 18.8. The first-order valence-corrected chi connectivity index (χ1v) is 11.2. The second-order valence-corrected chi connectivity index (χ2v) is 8.43. The van der Waals surface area contributed by atoms with Crippen LogP contribution in [0.4, 0.5) is 4.79 Å². The Morgan fingerprint density at radius 1 is 0.971 bits per heavy atom. The summed E-state index contributed by atoms with van der Waals surface area (Å²) in [5, 5.41) is 32.5. The number of carboxylic acids is 1. The lowest BCUT2D eigenvalue weighted by Crippen LogP contribution is -2.30. The summed E-state index contributed by atoms with van der Waals surface area (Å²) in [5.41, 5.74) is 5.59.